The topological polar surface area (TPSA) is 25.8 Å². The van der Waals surface area contributed by atoms with Gasteiger partial charge < -0.3 is 0 Å². The standard InChI is InChI=1S/C27H38F2N2/c1-3-5-6-7-8-9-20-10-12-21(13-11-20)14-16-23-17-19-25(31-30-23)24-18-15-22(4-2)26(28)27(24)29/h15,17-21H,3-14,16H2,1-2H3. The van der Waals surface area contributed by atoms with Crippen LogP contribution in [0.4, 0.5) is 8.78 Å². The van der Waals surface area contributed by atoms with Crippen LogP contribution in [0.25, 0.3) is 11.3 Å². The molecule has 1 heterocycles. The molecule has 0 spiro atoms. The van der Waals surface area contributed by atoms with Crippen molar-refractivity contribution >= 4 is 0 Å². The lowest BCUT2D eigenvalue weighted by Gasteiger charge is -2.28. The van der Waals surface area contributed by atoms with Crippen LogP contribution in [-0.4, -0.2) is 10.2 Å². The maximum Gasteiger partial charge on any atom is 0.168 e. The predicted molar refractivity (Wildman–Crippen MR) is 124 cm³/mol. The van der Waals surface area contributed by atoms with E-state index in [0.717, 1.165) is 30.4 Å². The van der Waals surface area contributed by atoms with E-state index >= 15 is 0 Å². The van der Waals surface area contributed by atoms with E-state index in [0.29, 0.717) is 17.7 Å². The molecule has 1 saturated carbocycles. The van der Waals surface area contributed by atoms with Crippen molar-refractivity contribution in [3.8, 4) is 11.3 Å². The fourth-order valence-corrected chi connectivity index (χ4v) is 4.89. The van der Waals surface area contributed by atoms with Gasteiger partial charge in [0.05, 0.1) is 11.4 Å². The summed E-state index contributed by atoms with van der Waals surface area (Å²) in [6.45, 7) is 4.08. The van der Waals surface area contributed by atoms with Crippen molar-refractivity contribution in [3.63, 3.8) is 0 Å². The van der Waals surface area contributed by atoms with Gasteiger partial charge in [-0.2, -0.15) is 10.2 Å². The minimum absolute atomic E-state index is 0.182. The summed E-state index contributed by atoms with van der Waals surface area (Å²) in [7, 11) is 0. The molecule has 0 aliphatic heterocycles. The maximum atomic E-state index is 14.3. The molecule has 1 aromatic heterocycles. The monoisotopic (exact) mass is 428 g/mol. The van der Waals surface area contributed by atoms with Gasteiger partial charge in [0.1, 0.15) is 0 Å². The number of hydrogen-bond acceptors (Lipinski definition) is 2. The molecular formula is C27H38F2N2. The number of halogens is 2. The van der Waals surface area contributed by atoms with E-state index in [1.165, 1.54) is 64.2 Å². The van der Waals surface area contributed by atoms with Crippen LogP contribution in [-0.2, 0) is 12.8 Å². The second-order valence-electron chi connectivity index (χ2n) is 9.29. The van der Waals surface area contributed by atoms with Crippen molar-refractivity contribution in [3.05, 3.63) is 47.2 Å². The molecule has 1 aliphatic rings. The van der Waals surface area contributed by atoms with Crippen molar-refractivity contribution in [2.45, 2.75) is 97.3 Å². The van der Waals surface area contributed by atoms with Crippen LogP contribution in [0.5, 0.6) is 0 Å². The summed E-state index contributed by atoms with van der Waals surface area (Å²) in [5, 5.41) is 8.47. The number of aromatic nitrogens is 2. The molecule has 0 amide bonds. The van der Waals surface area contributed by atoms with Gasteiger partial charge >= 0.3 is 0 Å². The highest BCUT2D eigenvalue weighted by atomic mass is 19.2. The molecule has 2 aromatic rings. The maximum absolute atomic E-state index is 14.3. The van der Waals surface area contributed by atoms with E-state index in [2.05, 4.69) is 17.1 Å². The number of benzene rings is 1. The van der Waals surface area contributed by atoms with Crippen LogP contribution < -0.4 is 0 Å². The van der Waals surface area contributed by atoms with E-state index in [1.807, 2.05) is 13.0 Å². The largest absolute Gasteiger partial charge is 0.203 e. The highest BCUT2D eigenvalue weighted by Crippen LogP contribution is 2.34. The molecule has 0 N–H and O–H groups in total. The predicted octanol–water partition coefficient (Wildman–Crippen LogP) is 8.08. The third kappa shape index (κ3) is 6.82. The summed E-state index contributed by atoms with van der Waals surface area (Å²) < 4.78 is 28.4. The second-order valence-corrected chi connectivity index (χ2v) is 9.29. The molecular weight excluding hydrogens is 390 g/mol. The Bertz CT molecular complexity index is 796. The van der Waals surface area contributed by atoms with Gasteiger partial charge in [-0.3, -0.25) is 0 Å². The molecule has 4 heteroatoms. The van der Waals surface area contributed by atoms with Crippen molar-refractivity contribution in [2.24, 2.45) is 11.8 Å². The van der Waals surface area contributed by atoms with Gasteiger partial charge in [-0.25, -0.2) is 8.78 Å². The summed E-state index contributed by atoms with van der Waals surface area (Å²) in [6, 6.07) is 6.91. The fourth-order valence-electron chi connectivity index (χ4n) is 4.89. The first kappa shape index (κ1) is 23.8. The average molecular weight is 429 g/mol. The third-order valence-electron chi connectivity index (χ3n) is 7.03. The number of rotatable bonds is 11. The molecule has 2 nitrogen and oxygen atoms in total. The first-order valence-corrected chi connectivity index (χ1v) is 12.4. The highest BCUT2D eigenvalue weighted by molar-refractivity contribution is 5.60. The molecule has 0 atom stereocenters. The average Bonchev–Trinajstić information content (AvgIpc) is 2.80. The van der Waals surface area contributed by atoms with Crippen molar-refractivity contribution in [1.29, 1.82) is 0 Å². The van der Waals surface area contributed by atoms with Crippen LogP contribution in [0, 0.1) is 23.5 Å². The Balaban J connectivity index is 1.43. The minimum Gasteiger partial charge on any atom is -0.203 e. The molecule has 0 unspecified atom stereocenters. The number of nitrogens with zero attached hydrogens (tertiary/aromatic N) is 2. The lowest BCUT2D eigenvalue weighted by atomic mass is 9.78. The van der Waals surface area contributed by atoms with Gasteiger partial charge in [0.15, 0.2) is 11.6 Å². The Morgan fingerprint density at radius 3 is 2.13 bits per heavy atom. The van der Waals surface area contributed by atoms with Gasteiger partial charge in [0.25, 0.3) is 0 Å². The van der Waals surface area contributed by atoms with E-state index in [1.54, 1.807) is 18.2 Å². The smallest absolute Gasteiger partial charge is 0.168 e. The Kier molecular flexibility index (Phi) is 9.42. The van der Waals surface area contributed by atoms with E-state index in [-0.39, 0.29) is 5.56 Å². The Labute approximate surface area is 186 Å². The molecule has 170 valence electrons. The summed E-state index contributed by atoms with van der Waals surface area (Å²) in [5.41, 5.74) is 1.90. The summed E-state index contributed by atoms with van der Waals surface area (Å²) in [5.74, 6) is 0.114. The molecule has 0 saturated heterocycles. The number of hydrogen-bond donors (Lipinski definition) is 0. The van der Waals surface area contributed by atoms with Crippen LogP contribution >= 0.6 is 0 Å². The molecule has 1 aromatic carbocycles. The third-order valence-corrected chi connectivity index (χ3v) is 7.03. The van der Waals surface area contributed by atoms with Crippen LogP contribution in [0.1, 0.15) is 95.7 Å². The van der Waals surface area contributed by atoms with Crippen molar-refractivity contribution in [2.75, 3.05) is 0 Å². The summed E-state index contributed by atoms with van der Waals surface area (Å²) in [6.07, 6.45) is 16.3. The van der Waals surface area contributed by atoms with Gasteiger partial charge in [0, 0.05) is 5.56 Å². The SMILES string of the molecule is CCCCCCCC1CCC(CCc2ccc(-c3ccc(CC)c(F)c3F)nn2)CC1. The Hall–Kier alpha value is -1.84. The molecule has 31 heavy (non-hydrogen) atoms. The minimum atomic E-state index is -0.830. The summed E-state index contributed by atoms with van der Waals surface area (Å²) >= 11 is 0. The van der Waals surface area contributed by atoms with E-state index < -0.39 is 11.6 Å². The van der Waals surface area contributed by atoms with Gasteiger partial charge in [-0.1, -0.05) is 84.1 Å². The lowest BCUT2D eigenvalue weighted by Crippen LogP contribution is -2.15. The Morgan fingerprint density at radius 1 is 0.774 bits per heavy atom. The molecule has 1 aliphatic carbocycles. The summed E-state index contributed by atoms with van der Waals surface area (Å²) in [4.78, 5) is 0. The van der Waals surface area contributed by atoms with Crippen LogP contribution in [0.2, 0.25) is 0 Å². The van der Waals surface area contributed by atoms with Gasteiger partial charge in [-0.15, -0.1) is 0 Å². The van der Waals surface area contributed by atoms with E-state index in [4.69, 9.17) is 0 Å². The van der Waals surface area contributed by atoms with Gasteiger partial charge in [-0.05, 0) is 54.9 Å². The van der Waals surface area contributed by atoms with Gasteiger partial charge in [0.2, 0.25) is 0 Å². The zero-order valence-corrected chi connectivity index (χ0v) is 19.3. The zero-order chi connectivity index (χ0) is 22.1. The molecule has 0 bridgehead atoms. The molecule has 3 rings (SSSR count). The Morgan fingerprint density at radius 2 is 1.48 bits per heavy atom. The number of aryl methyl sites for hydroxylation is 2. The second kappa shape index (κ2) is 12.3. The quantitative estimate of drug-likeness (QED) is 0.338. The van der Waals surface area contributed by atoms with Crippen molar-refractivity contribution < 1.29 is 8.78 Å². The fraction of sp³-hybridized carbons (Fsp3) is 0.630. The zero-order valence-electron chi connectivity index (χ0n) is 19.3. The molecule has 0 radical (unpaired) electrons. The first-order valence-electron chi connectivity index (χ1n) is 12.4. The molecule has 1 fully saturated rings. The van der Waals surface area contributed by atoms with Crippen LogP contribution in [0.15, 0.2) is 24.3 Å². The number of unbranched alkanes of at least 4 members (excludes halogenated alkanes) is 4. The first-order chi connectivity index (χ1) is 15.1. The van der Waals surface area contributed by atoms with Crippen molar-refractivity contribution in [1.82, 2.24) is 10.2 Å². The van der Waals surface area contributed by atoms with E-state index in [9.17, 15) is 8.78 Å². The lowest BCUT2D eigenvalue weighted by molar-refractivity contribution is 0.248. The normalized spacial score (nSPS) is 19.0. The van der Waals surface area contributed by atoms with Crippen LogP contribution in [0.3, 0.4) is 0 Å². The highest BCUT2D eigenvalue weighted by Gasteiger charge is 2.21.